The molecular formula is C14H21NO4S. The van der Waals surface area contributed by atoms with E-state index in [0.717, 1.165) is 10.4 Å². The molecule has 20 heavy (non-hydrogen) atoms. The van der Waals surface area contributed by atoms with Crippen molar-refractivity contribution in [3.05, 3.63) is 21.9 Å². The first-order valence-corrected chi connectivity index (χ1v) is 7.32. The maximum atomic E-state index is 11.6. The fourth-order valence-corrected chi connectivity index (χ4v) is 2.57. The number of hydrogen-bond acceptors (Lipinski definition) is 4. The number of rotatable bonds is 5. The molecule has 0 saturated carbocycles. The average Bonchev–Trinajstić information content (AvgIpc) is 2.67. The van der Waals surface area contributed by atoms with Gasteiger partial charge >= 0.3 is 12.1 Å². The molecule has 0 bridgehead atoms. The second-order valence-electron chi connectivity index (χ2n) is 5.60. The SMILES string of the molecule is Cc1ccsc1CCC(NC(=O)OC(C)(C)C)C(=O)O. The quantitative estimate of drug-likeness (QED) is 0.876. The van der Waals surface area contributed by atoms with Gasteiger partial charge in [0, 0.05) is 4.88 Å². The predicted octanol–water partition coefficient (Wildman–Crippen LogP) is 2.97. The zero-order valence-electron chi connectivity index (χ0n) is 12.2. The van der Waals surface area contributed by atoms with Crippen LogP contribution in [0.15, 0.2) is 11.4 Å². The number of ether oxygens (including phenoxy) is 1. The minimum Gasteiger partial charge on any atom is -0.480 e. The number of alkyl carbamates (subject to hydrolysis) is 1. The van der Waals surface area contributed by atoms with Crippen LogP contribution in [0.2, 0.25) is 0 Å². The van der Waals surface area contributed by atoms with Crippen molar-refractivity contribution >= 4 is 23.4 Å². The number of carbonyl (C=O) groups excluding carboxylic acids is 1. The van der Waals surface area contributed by atoms with Crippen molar-refractivity contribution < 1.29 is 19.4 Å². The molecule has 0 spiro atoms. The second kappa shape index (κ2) is 6.74. The van der Waals surface area contributed by atoms with Crippen molar-refractivity contribution in [2.45, 2.75) is 52.2 Å². The van der Waals surface area contributed by atoms with Crippen molar-refractivity contribution in [1.82, 2.24) is 5.32 Å². The number of thiophene rings is 1. The summed E-state index contributed by atoms with van der Waals surface area (Å²) in [6, 6.07) is 1.06. The topological polar surface area (TPSA) is 75.6 Å². The van der Waals surface area contributed by atoms with Crippen LogP contribution in [0, 0.1) is 6.92 Å². The molecule has 0 aliphatic rings. The van der Waals surface area contributed by atoms with Crippen LogP contribution in [-0.2, 0) is 16.0 Å². The monoisotopic (exact) mass is 299 g/mol. The van der Waals surface area contributed by atoms with Crippen LogP contribution in [0.25, 0.3) is 0 Å². The standard InChI is InChI=1S/C14H21NO4S/c1-9-7-8-20-11(9)6-5-10(12(16)17)15-13(18)19-14(2,3)4/h7-8,10H,5-6H2,1-4H3,(H,15,18)(H,16,17). The lowest BCUT2D eigenvalue weighted by Crippen LogP contribution is -2.43. The summed E-state index contributed by atoms with van der Waals surface area (Å²) in [5.41, 5.74) is 0.508. The van der Waals surface area contributed by atoms with Gasteiger partial charge in [0.25, 0.3) is 0 Å². The van der Waals surface area contributed by atoms with Gasteiger partial charge in [0.15, 0.2) is 0 Å². The van der Waals surface area contributed by atoms with Crippen LogP contribution >= 0.6 is 11.3 Å². The highest BCUT2D eigenvalue weighted by molar-refractivity contribution is 7.10. The summed E-state index contributed by atoms with van der Waals surface area (Å²) in [4.78, 5) is 23.9. The van der Waals surface area contributed by atoms with Crippen LogP contribution < -0.4 is 5.32 Å². The molecule has 5 nitrogen and oxygen atoms in total. The van der Waals surface area contributed by atoms with Crippen molar-refractivity contribution in [2.75, 3.05) is 0 Å². The number of carboxylic acid groups (broad SMARTS) is 1. The molecule has 0 aliphatic heterocycles. The second-order valence-corrected chi connectivity index (χ2v) is 6.60. The number of carboxylic acids is 1. The molecular weight excluding hydrogens is 278 g/mol. The summed E-state index contributed by atoms with van der Waals surface area (Å²) in [7, 11) is 0. The van der Waals surface area contributed by atoms with Crippen LogP contribution in [0.3, 0.4) is 0 Å². The third-order valence-electron chi connectivity index (χ3n) is 2.62. The normalized spacial score (nSPS) is 12.8. The van der Waals surface area contributed by atoms with Gasteiger partial charge in [0.1, 0.15) is 11.6 Å². The zero-order chi connectivity index (χ0) is 15.3. The van der Waals surface area contributed by atoms with Gasteiger partial charge < -0.3 is 15.2 Å². The molecule has 0 aromatic carbocycles. The molecule has 1 aromatic heterocycles. The summed E-state index contributed by atoms with van der Waals surface area (Å²) in [6.45, 7) is 7.19. The summed E-state index contributed by atoms with van der Waals surface area (Å²) >= 11 is 1.60. The molecule has 2 N–H and O–H groups in total. The molecule has 1 amide bonds. The Hall–Kier alpha value is -1.56. The van der Waals surface area contributed by atoms with Gasteiger partial charge in [-0.05, 0) is 57.5 Å². The number of amides is 1. The van der Waals surface area contributed by atoms with E-state index in [1.807, 2.05) is 18.4 Å². The minimum absolute atomic E-state index is 0.343. The van der Waals surface area contributed by atoms with E-state index in [0.29, 0.717) is 12.8 Å². The molecule has 0 radical (unpaired) electrons. The highest BCUT2D eigenvalue weighted by Gasteiger charge is 2.23. The van der Waals surface area contributed by atoms with E-state index in [-0.39, 0.29) is 0 Å². The number of hydrogen-bond donors (Lipinski definition) is 2. The van der Waals surface area contributed by atoms with Crippen LogP contribution in [0.4, 0.5) is 4.79 Å². The van der Waals surface area contributed by atoms with Gasteiger partial charge in [-0.15, -0.1) is 11.3 Å². The molecule has 1 unspecified atom stereocenters. The Morgan fingerprint density at radius 1 is 1.45 bits per heavy atom. The van der Waals surface area contributed by atoms with E-state index in [1.54, 1.807) is 32.1 Å². The first kappa shape index (κ1) is 16.5. The van der Waals surface area contributed by atoms with E-state index in [1.165, 1.54) is 0 Å². The Kier molecular flexibility index (Phi) is 5.56. The van der Waals surface area contributed by atoms with Gasteiger partial charge in [-0.25, -0.2) is 9.59 Å². The van der Waals surface area contributed by atoms with Crippen molar-refractivity contribution in [3.63, 3.8) is 0 Å². The van der Waals surface area contributed by atoms with E-state index >= 15 is 0 Å². The summed E-state index contributed by atoms with van der Waals surface area (Å²) in [6.07, 6.45) is 0.263. The smallest absolute Gasteiger partial charge is 0.408 e. The molecule has 0 saturated heterocycles. The average molecular weight is 299 g/mol. The Bertz CT molecular complexity index is 476. The molecule has 112 valence electrons. The zero-order valence-corrected chi connectivity index (χ0v) is 13.0. The molecule has 1 rings (SSSR count). The summed E-state index contributed by atoms with van der Waals surface area (Å²) in [5.74, 6) is -1.05. The Morgan fingerprint density at radius 3 is 2.55 bits per heavy atom. The largest absolute Gasteiger partial charge is 0.480 e. The first-order chi connectivity index (χ1) is 9.19. The summed E-state index contributed by atoms with van der Waals surface area (Å²) in [5, 5.41) is 13.5. The number of aliphatic carboxylic acids is 1. The van der Waals surface area contributed by atoms with E-state index < -0.39 is 23.7 Å². The maximum Gasteiger partial charge on any atom is 0.408 e. The molecule has 6 heteroatoms. The number of carbonyl (C=O) groups is 2. The van der Waals surface area contributed by atoms with Gasteiger partial charge in [0.2, 0.25) is 0 Å². The Labute approximate surface area is 123 Å². The Balaban J connectivity index is 2.55. The lowest BCUT2D eigenvalue weighted by molar-refractivity contribution is -0.139. The van der Waals surface area contributed by atoms with Gasteiger partial charge in [0.05, 0.1) is 0 Å². The number of aryl methyl sites for hydroxylation is 2. The molecule has 0 fully saturated rings. The van der Waals surface area contributed by atoms with Crippen molar-refractivity contribution in [2.24, 2.45) is 0 Å². The fourth-order valence-electron chi connectivity index (χ4n) is 1.64. The Morgan fingerprint density at radius 2 is 2.10 bits per heavy atom. The lowest BCUT2D eigenvalue weighted by Gasteiger charge is -2.22. The predicted molar refractivity (Wildman–Crippen MR) is 78.2 cm³/mol. The highest BCUT2D eigenvalue weighted by Crippen LogP contribution is 2.18. The summed E-state index contributed by atoms with van der Waals surface area (Å²) < 4.78 is 5.07. The third kappa shape index (κ3) is 5.61. The molecule has 1 atom stereocenters. The van der Waals surface area contributed by atoms with Crippen molar-refractivity contribution in [3.8, 4) is 0 Å². The first-order valence-electron chi connectivity index (χ1n) is 6.44. The van der Waals surface area contributed by atoms with Crippen LogP contribution in [-0.4, -0.2) is 28.8 Å². The minimum atomic E-state index is -1.05. The van der Waals surface area contributed by atoms with E-state index in [9.17, 15) is 9.59 Å². The highest BCUT2D eigenvalue weighted by atomic mass is 32.1. The van der Waals surface area contributed by atoms with E-state index in [2.05, 4.69) is 5.32 Å². The van der Waals surface area contributed by atoms with Crippen LogP contribution in [0.5, 0.6) is 0 Å². The van der Waals surface area contributed by atoms with Crippen molar-refractivity contribution in [1.29, 1.82) is 0 Å². The molecule has 0 aliphatic carbocycles. The van der Waals surface area contributed by atoms with Gasteiger partial charge in [-0.2, -0.15) is 0 Å². The van der Waals surface area contributed by atoms with Gasteiger partial charge in [-0.1, -0.05) is 0 Å². The van der Waals surface area contributed by atoms with E-state index in [4.69, 9.17) is 9.84 Å². The van der Waals surface area contributed by atoms with Gasteiger partial charge in [-0.3, -0.25) is 0 Å². The van der Waals surface area contributed by atoms with Crippen LogP contribution in [0.1, 0.15) is 37.6 Å². The third-order valence-corrected chi connectivity index (χ3v) is 3.70. The number of nitrogens with one attached hydrogen (secondary N) is 1. The molecule has 1 aromatic rings. The fraction of sp³-hybridized carbons (Fsp3) is 0.571. The maximum absolute atomic E-state index is 11.6. The lowest BCUT2D eigenvalue weighted by atomic mass is 10.1. The molecule has 1 heterocycles.